The Bertz CT molecular complexity index is 457. The number of amides is 2. The number of aliphatic hydroxyl groups is 1. The number of aliphatic carboxylic acids is 1. The van der Waals surface area contributed by atoms with Crippen molar-refractivity contribution in [2.24, 2.45) is 11.5 Å². The predicted molar refractivity (Wildman–Crippen MR) is 86.9 cm³/mol. The Balaban J connectivity index is 2.68. The van der Waals surface area contributed by atoms with Crippen molar-refractivity contribution in [2.45, 2.75) is 63.3 Å². The summed E-state index contributed by atoms with van der Waals surface area (Å²) in [6.07, 6.45) is 1.85. The van der Waals surface area contributed by atoms with Gasteiger partial charge >= 0.3 is 5.97 Å². The Labute approximate surface area is 141 Å². The summed E-state index contributed by atoms with van der Waals surface area (Å²) in [5, 5.41) is 20.8. The van der Waals surface area contributed by atoms with E-state index in [1.807, 2.05) is 0 Å². The smallest absolute Gasteiger partial charge is 0.328 e. The van der Waals surface area contributed by atoms with Crippen LogP contribution in [0.4, 0.5) is 0 Å². The van der Waals surface area contributed by atoms with Gasteiger partial charge in [-0.05, 0) is 39.2 Å². The number of carboxylic acids is 1. The molecule has 4 atom stereocenters. The lowest BCUT2D eigenvalue weighted by atomic mass is 10.1. The van der Waals surface area contributed by atoms with Crippen molar-refractivity contribution in [2.75, 3.05) is 13.1 Å². The van der Waals surface area contributed by atoms with Crippen LogP contribution in [0.5, 0.6) is 0 Å². The average Bonchev–Trinajstić information content (AvgIpc) is 3.00. The zero-order chi connectivity index (χ0) is 18.3. The van der Waals surface area contributed by atoms with Gasteiger partial charge in [-0.1, -0.05) is 6.42 Å². The average molecular weight is 344 g/mol. The van der Waals surface area contributed by atoms with Crippen LogP contribution in [-0.2, 0) is 14.4 Å². The van der Waals surface area contributed by atoms with Crippen molar-refractivity contribution in [3.8, 4) is 0 Å². The quantitative estimate of drug-likeness (QED) is 0.314. The van der Waals surface area contributed by atoms with Crippen molar-refractivity contribution >= 4 is 17.8 Å². The first-order valence-corrected chi connectivity index (χ1v) is 8.27. The molecule has 1 aliphatic heterocycles. The van der Waals surface area contributed by atoms with E-state index in [9.17, 15) is 19.5 Å². The number of nitrogens with one attached hydrogen (secondary N) is 1. The van der Waals surface area contributed by atoms with Crippen LogP contribution in [0.2, 0.25) is 0 Å². The van der Waals surface area contributed by atoms with Gasteiger partial charge < -0.3 is 31.9 Å². The van der Waals surface area contributed by atoms with Crippen molar-refractivity contribution in [3.63, 3.8) is 0 Å². The Morgan fingerprint density at radius 3 is 2.54 bits per heavy atom. The summed E-state index contributed by atoms with van der Waals surface area (Å²) in [5.41, 5.74) is 11.3. The fourth-order valence-corrected chi connectivity index (χ4v) is 2.79. The molecule has 0 aliphatic carbocycles. The lowest BCUT2D eigenvalue weighted by molar-refractivity contribution is -0.146. The number of hydrogen-bond acceptors (Lipinski definition) is 6. The highest BCUT2D eigenvalue weighted by Crippen LogP contribution is 2.19. The topological polar surface area (TPSA) is 159 Å². The molecule has 1 saturated heterocycles. The van der Waals surface area contributed by atoms with Gasteiger partial charge in [0.2, 0.25) is 11.8 Å². The highest BCUT2D eigenvalue weighted by atomic mass is 16.4. The molecule has 1 heterocycles. The first-order valence-electron chi connectivity index (χ1n) is 8.27. The first-order chi connectivity index (χ1) is 11.3. The van der Waals surface area contributed by atoms with Crippen molar-refractivity contribution < 1.29 is 24.6 Å². The molecule has 0 aromatic heterocycles. The molecule has 0 spiro atoms. The molecular weight excluding hydrogens is 316 g/mol. The van der Waals surface area contributed by atoms with E-state index >= 15 is 0 Å². The van der Waals surface area contributed by atoms with Crippen LogP contribution in [0.1, 0.15) is 39.0 Å². The van der Waals surface area contributed by atoms with Crippen molar-refractivity contribution in [1.82, 2.24) is 10.2 Å². The highest BCUT2D eigenvalue weighted by Gasteiger charge is 2.38. The Hall–Kier alpha value is -1.71. The molecule has 138 valence electrons. The third-order valence-electron chi connectivity index (χ3n) is 4.17. The molecular formula is C15H28N4O5. The number of carbonyl (C=O) groups is 3. The standard InChI is InChI=1S/C15H28N4O5/c1-9(20)12(15(23)24)18-13(21)11-6-4-8-19(11)14(22)10(17)5-2-3-7-16/h9-12,20H,2-8,16-17H2,1H3,(H,18,21)(H,23,24). The third kappa shape index (κ3) is 5.43. The number of carboxylic acid groups (broad SMARTS) is 1. The molecule has 7 N–H and O–H groups in total. The van der Waals surface area contributed by atoms with Crippen molar-refractivity contribution in [3.05, 3.63) is 0 Å². The summed E-state index contributed by atoms with van der Waals surface area (Å²) in [4.78, 5) is 37.2. The summed E-state index contributed by atoms with van der Waals surface area (Å²) in [6.45, 7) is 2.23. The minimum atomic E-state index is -1.41. The maximum atomic E-state index is 12.4. The van der Waals surface area contributed by atoms with E-state index in [4.69, 9.17) is 16.6 Å². The summed E-state index contributed by atoms with van der Waals surface area (Å²) in [7, 11) is 0. The van der Waals surface area contributed by atoms with E-state index in [1.54, 1.807) is 0 Å². The van der Waals surface area contributed by atoms with Crippen LogP contribution in [0.25, 0.3) is 0 Å². The molecule has 1 aliphatic rings. The van der Waals surface area contributed by atoms with E-state index in [2.05, 4.69) is 5.32 Å². The molecule has 1 rings (SSSR count). The monoisotopic (exact) mass is 344 g/mol. The number of unbranched alkanes of at least 4 members (excludes halogenated alkanes) is 1. The maximum Gasteiger partial charge on any atom is 0.328 e. The molecule has 2 amide bonds. The summed E-state index contributed by atoms with van der Waals surface area (Å²) in [5.74, 6) is -2.22. The third-order valence-corrected chi connectivity index (χ3v) is 4.17. The van der Waals surface area contributed by atoms with Crippen LogP contribution in [0.3, 0.4) is 0 Å². The molecule has 0 bridgehead atoms. The number of nitrogens with two attached hydrogens (primary N) is 2. The molecule has 0 aromatic carbocycles. The number of rotatable bonds is 9. The number of carbonyl (C=O) groups excluding carboxylic acids is 2. The molecule has 1 fully saturated rings. The summed E-state index contributed by atoms with van der Waals surface area (Å²) in [6, 6.07) is -2.86. The fourth-order valence-electron chi connectivity index (χ4n) is 2.79. The zero-order valence-electron chi connectivity index (χ0n) is 14.0. The van der Waals surface area contributed by atoms with Gasteiger partial charge in [0.25, 0.3) is 0 Å². The second-order valence-corrected chi connectivity index (χ2v) is 6.15. The molecule has 4 unspecified atom stereocenters. The van der Waals surface area contributed by atoms with Gasteiger partial charge in [0.05, 0.1) is 12.1 Å². The molecule has 0 saturated carbocycles. The van der Waals surface area contributed by atoms with Gasteiger partial charge in [0, 0.05) is 6.54 Å². The Kier molecular flexibility index (Phi) is 8.09. The van der Waals surface area contributed by atoms with Crippen LogP contribution < -0.4 is 16.8 Å². The minimum Gasteiger partial charge on any atom is -0.480 e. The number of likely N-dealkylation sites (tertiary alicyclic amines) is 1. The van der Waals surface area contributed by atoms with Gasteiger partial charge in [0.1, 0.15) is 6.04 Å². The SMILES string of the molecule is CC(O)C(NC(=O)C1CCCN1C(=O)C(N)CCCCN)C(=O)O. The fraction of sp³-hybridized carbons (Fsp3) is 0.800. The van der Waals surface area contributed by atoms with Gasteiger partial charge in [-0.2, -0.15) is 0 Å². The van der Waals surface area contributed by atoms with Gasteiger partial charge in [0.15, 0.2) is 6.04 Å². The van der Waals surface area contributed by atoms with Crippen LogP contribution in [0, 0.1) is 0 Å². The minimum absolute atomic E-state index is 0.311. The van der Waals surface area contributed by atoms with Gasteiger partial charge in [-0.3, -0.25) is 9.59 Å². The first kappa shape index (κ1) is 20.3. The van der Waals surface area contributed by atoms with E-state index in [1.165, 1.54) is 11.8 Å². The maximum absolute atomic E-state index is 12.4. The lowest BCUT2D eigenvalue weighted by Gasteiger charge is -2.28. The van der Waals surface area contributed by atoms with Crippen molar-refractivity contribution in [1.29, 1.82) is 0 Å². The Morgan fingerprint density at radius 2 is 2.00 bits per heavy atom. The van der Waals surface area contributed by atoms with Crippen LogP contribution in [0.15, 0.2) is 0 Å². The number of hydrogen-bond donors (Lipinski definition) is 5. The predicted octanol–water partition coefficient (Wildman–Crippen LogP) is -1.62. The second kappa shape index (κ2) is 9.55. The molecule has 0 aromatic rings. The van der Waals surface area contributed by atoms with Crippen LogP contribution in [-0.4, -0.2) is 70.2 Å². The van der Waals surface area contributed by atoms with E-state index in [0.717, 1.165) is 12.8 Å². The van der Waals surface area contributed by atoms with Crippen LogP contribution >= 0.6 is 0 Å². The molecule has 24 heavy (non-hydrogen) atoms. The largest absolute Gasteiger partial charge is 0.480 e. The molecule has 9 nitrogen and oxygen atoms in total. The lowest BCUT2D eigenvalue weighted by Crippen LogP contribution is -2.56. The molecule has 9 heteroatoms. The zero-order valence-corrected chi connectivity index (χ0v) is 14.0. The van der Waals surface area contributed by atoms with E-state index in [-0.39, 0.29) is 5.91 Å². The number of nitrogens with zero attached hydrogens (tertiary/aromatic N) is 1. The molecule has 0 radical (unpaired) electrons. The second-order valence-electron chi connectivity index (χ2n) is 6.15. The normalized spacial score (nSPS) is 21.2. The Morgan fingerprint density at radius 1 is 1.33 bits per heavy atom. The number of aliphatic hydroxyl groups excluding tert-OH is 1. The van der Waals surface area contributed by atoms with E-state index < -0.39 is 36.1 Å². The summed E-state index contributed by atoms with van der Waals surface area (Å²) < 4.78 is 0. The summed E-state index contributed by atoms with van der Waals surface area (Å²) >= 11 is 0. The highest BCUT2D eigenvalue weighted by molar-refractivity contribution is 5.92. The van der Waals surface area contributed by atoms with Gasteiger partial charge in [-0.25, -0.2) is 4.79 Å². The van der Waals surface area contributed by atoms with Gasteiger partial charge in [-0.15, -0.1) is 0 Å². The van der Waals surface area contributed by atoms with E-state index in [0.29, 0.717) is 32.4 Å².